The number of rotatable bonds is 2. The zero-order chi connectivity index (χ0) is 12.5. The van der Waals surface area contributed by atoms with Crippen molar-refractivity contribution in [2.24, 2.45) is 16.7 Å². The number of hydrogen-bond acceptors (Lipinski definition) is 1. The van der Waals surface area contributed by atoms with E-state index in [0.29, 0.717) is 22.4 Å². The van der Waals surface area contributed by atoms with Crippen LogP contribution in [0.3, 0.4) is 0 Å². The highest BCUT2D eigenvalue weighted by atomic mass is 35.5. The summed E-state index contributed by atoms with van der Waals surface area (Å²) in [6, 6.07) is 0.693. The van der Waals surface area contributed by atoms with Crippen LogP contribution in [-0.4, -0.2) is 23.5 Å². The van der Waals surface area contributed by atoms with Crippen molar-refractivity contribution in [3.05, 3.63) is 0 Å². The van der Waals surface area contributed by atoms with E-state index in [9.17, 15) is 0 Å². The van der Waals surface area contributed by atoms with Gasteiger partial charge in [0.1, 0.15) is 0 Å². The highest BCUT2D eigenvalue weighted by Crippen LogP contribution is 2.67. The Labute approximate surface area is 119 Å². The van der Waals surface area contributed by atoms with Gasteiger partial charge in [-0.2, -0.15) is 0 Å². The van der Waals surface area contributed by atoms with Gasteiger partial charge in [0.25, 0.3) is 0 Å². The van der Waals surface area contributed by atoms with Gasteiger partial charge in [0.2, 0.25) is 0 Å². The summed E-state index contributed by atoms with van der Waals surface area (Å²) in [5.74, 6) is 1.02. The van der Waals surface area contributed by atoms with Gasteiger partial charge in [-0.25, -0.2) is 0 Å². The Morgan fingerprint density at radius 2 is 1.44 bits per heavy atom. The molecule has 0 radical (unpaired) electrons. The van der Waals surface area contributed by atoms with E-state index >= 15 is 0 Å². The molecule has 4 rings (SSSR count). The van der Waals surface area contributed by atoms with Gasteiger partial charge in [-0.1, -0.05) is 13.8 Å². The third kappa shape index (κ3) is 2.02. The molecule has 0 spiro atoms. The van der Waals surface area contributed by atoms with Crippen LogP contribution in [0.15, 0.2) is 0 Å². The average molecular weight is 272 g/mol. The van der Waals surface area contributed by atoms with Gasteiger partial charge in [0.05, 0.1) is 0 Å². The Bertz CT molecular complexity index is 320. The molecule has 4 saturated carbocycles. The highest BCUT2D eigenvalue weighted by Gasteiger charge is 2.61. The van der Waals surface area contributed by atoms with Crippen LogP contribution in [0.1, 0.15) is 66.2 Å². The average Bonchev–Trinajstić information content (AvgIpc) is 2.10. The summed E-state index contributed by atoms with van der Waals surface area (Å²) >= 11 is 0. The van der Waals surface area contributed by atoms with Crippen LogP contribution in [0, 0.1) is 16.7 Å². The maximum atomic E-state index is 2.72. The van der Waals surface area contributed by atoms with Crippen molar-refractivity contribution in [3.63, 3.8) is 0 Å². The number of halogens is 1. The molecular formula is C16H30ClN. The molecule has 18 heavy (non-hydrogen) atoms. The fourth-order valence-corrected chi connectivity index (χ4v) is 6.33. The van der Waals surface area contributed by atoms with Crippen LogP contribution in [-0.2, 0) is 0 Å². The van der Waals surface area contributed by atoms with Crippen LogP contribution < -0.4 is 0 Å². The topological polar surface area (TPSA) is 3.24 Å². The molecule has 1 nitrogen and oxygen atoms in total. The largest absolute Gasteiger partial charge is 0.298 e. The second-order valence-electron chi connectivity index (χ2n) is 8.56. The first-order valence-corrected chi connectivity index (χ1v) is 7.49. The molecule has 4 aliphatic rings. The third-order valence-electron chi connectivity index (χ3n) is 6.12. The molecule has 0 N–H and O–H groups in total. The molecule has 0 amide bonds. The molecule has 2 heteroatoms. The monoisotopic (exact) mass is 271 g/mol. The van der Waals surface area contributed by atoms with E-state index in [-0.39, 0.29) is 12.4 Å². The van der Waals surface area contributed by atoms with Crippen molar-refractivity contribution >= 4 is 12.4 Å². The lowest BCUT2D eigenvalue weighted by atomic mass is 9.42. The molecule has 0 aliphatic heterocycles. The van der Waals surface area contributed by atoms with E-state index in [0.717, 1.165) is 5.92 Å². The van der Waals surface area contributed by atoms with E-state index in [1.807, 2.05) is 0 Å². The fraction of sp³-hybridized carbons (Fsp3) is 1.00. The van der Waals surface area contributed by atoms with Gasteiger partial charge in [0.15, 0.2) is 0 Å². The fourth-order valence-electron chi connectivity index (χ4n) is 6.33. The SMILES string of the molecule is CC(C)N(C)C12CC3CC(C)(CC(C)(C3)C1)C2.Cl. The quantitative estimate of drug-likeness (QED) is 0.715. The summed E-state index contributed by atoms with van der Waals surface area (Å²) < 4.78 is 0. The molecule has 0 saturated heterocycles. The summed E-state index contributed by atoms with van der Waals surface area (Å²) in [6.45, 7) is 9.86. The van der Waals surface area contributed by atoms with Crippen molar-refractivity contribution in [3.8, 4) is 0 Å². The van der Waals surface area contributed by atoms with Crippen molar-refractivity contribution in [2.75, 3.05) is 7.05 Å². The maximum Gasteiger partial charge on any atom is 0.0222 e. The van der Waals surface area contributed by atoms with E-state index < -0.39 is 0 Å². The molecular weight excluding hydrogens is 242 g/mol. The van der Waals surface area contributed by atoms with Gasteiger partial charge in [-0.15, -0.1) is 12.4 Å². The Morgan fingerprint density at radius 3 is 1.83 bits per heavy atom. The second kappa shape index (κ2) is 4.12. The minimum atomic E-state index is 0. The second-order valence-corrected chi connectivity index (χ2v) is 8.56. The first-order chi connectivity index (χ1) is 7.76. The predicted octanol–water partition coefficient (Wildman–Crippen LogP) is 4.50. The molecule has 4 fully saturated rings. The maximum absolute atomic E-state index is 2.72. The zero-order valence-corrected chi connectivity index (χ0v) is 13.6. The van der Waals surface area contributed by atoms with Crippen LogP contribution in [0.4, 0.5) is 0 Å². The van der Waals surface area contributed by atoms with Gasteiger partial charge in [0, 0.05) is 11.6 Å². The molecule has 0 aromatic heterocycles. The third-order valence-corrected chi connectivity index (χ3v) is 6.12. The Balaban J connectivity index is 0.00000120. The smallest absolute Gasteiger partial charge is 0.0222 e. The van der Waals surface area contributed by atoms with Crippen LogP contribution >= 0.6 is 12.4 Å². The van der Waals surface area contributed by atoms with Gasteiger partial charge < -0.3 is 0 Å². The summed E-state index contributed by atoms with van der Waals surface area (Å²) in [5.41, 5.74) is 1.84. The Hall–Kier alpha value is 0.250. The predicted molar refractivity (Wildman–Crippen MR) is 80.3 cm³/mol. The van der Waals surface area contributed by atoms with Crippen LogP contribution in [0.5, 0.6) is 0 Å². The molecule has 0 aromatic rings. The molecule has 2 atom stereocenters. The highest BCUT2D eigenvalue weighted by molar-refractivity contribution is 5.85. The Kier molecular flexibility index (Phi) is 3.35. The van der Waals surface area contributed by atoms with E-state index in [4.69, 9.17) is 0 Å². The lowest BCUT2D eigenvalue weighted by molar-refractivity contribution is -0.161. The van der Waals surface area contributed by atoms with Crippen molar-refractivity contribution in [1.29, 1.82) is 0 Å². The number of nitrogens with zero attached hydrogens (tertiary/aromatic N) is 1. The molecule has 2 unspecified atom stereocenters. The van der Waals surface area contributed by atoms with E-state index in [1.54, 1.807) is 0 Å². The molecule has 4 bridgehead atoms. The summed E-state index contributed by atoms with van der Waals surface area (Å²) in [7, 11) is 2.38. The van der Waals surface area contributed by atoms with Gasteiger partial charge >= 0.3 is 0 Å². The van der Waals surface area contributed by atoms with Crippen LogP contribution in [0.25, 0.3) is 0 Å². The minimum absolute atomic E-state index is 0. The van der Waals surface area contributed by atoms with E-state index in [1.165, 1.54) is 38.5 Å². The molecule has 0 heterocycles. The van der Waals surface area contributed by atoms with Crippen molar-refractivity contribution < 1.29 is 0 Å². The normalized spacial score (nSPS) is 49.8. The molecule has 0 aromatic carbocycles. The molecule has 4 aliphatic carbocycles. The summed E-state index contributed by atoms with van der Waals surface area (Å²) in [5, 5.41) is 0. The Morgan fingerprint density at radius 1 is 0.944 bits per heavy atom. The number of hydrogen-bond donors (Lipinski definition) is 0. The summed E-state index contributed by atoms with van der Waals surface area (Å²) in [4.78, 5) is 2.72. The van der Waals surface area contributed by atoms with Gasteiger partial charge in [-0.05, 0) is 76.2 Å². The minimum Gasteiger partial charge on any atom is -0.298 e. The summed E-state index contributed by atoms with van der Waals surface area (Å²) in [6.07, 6.45) is 8.91. The lowest BCUT2D eigenvalue weighted by Gasteiger charge is -2.68. The van der Waals surface area contributed by atoms with Crippen molar-refractivity contribution in [2.45, 2.75) is 77.8 Å². The zero-order valence-electron chi connectivity index (χ0n) is 12.8. The van der Waals surface area contributed by atoms with Gasteiger partial charge in [-0.3, -0.25) is 4.90 Å². The first kappa shape index (κ1) is 14.7. The lowest BCUT2D eigenvalue weighted by Crippen LogP contribution is -2.65. The standard InChI is InChI=1S/C16H29N.ClH/c1-12(2)17(5)16-8-13-6-14(3,10-16)9-15(4,7-13)11-16;/h12-13H,6-11H2,1-5H3;1H. The van der Waals surface area contributed by atoms with Crippen LogP contribution in [0.2, 0.25) is 0 Å². The molecule has 106 valence electrons. The van der Waals surface area contributed by atoms with E-state index in [2.05, 4.69) is 39.6 Å². The first-order valence-electron chi connectivity index (χ1n) is 7.49. The van der Waals surface area contributed by atoms with Crippen molar-refractivity contribution in [1.82, 2.24) is 4.90 Å².